The normalized spacial score (nSPS) is 32.3. The molecule has 1 unspecified atom stereocenters. The Labute approximate surface area is 112 Å². The van der Waals surface area contributed by atoms with Gasteiger partial charge in [-0.1, -0.05) is 13.8 Å². The summed E-state index contributed by atoms with van der Waals surface area (Å²) in [5, 5.41) is 7.33. The Morgan fingerprint density at radius 1 is 1.17 bits per heavy atom. The fourth-order valence-corrected chi connectivity index (χ4v) is 3.28. The van der Waals surface area contributed by atoms with Gasteiger partial charge in [-0.15, -0.1) is 0 Å². The van der Waals surface area contributed by atoms with Gasteiger partial charge in [0.1, 0.15) is 0 Å². The molecule has 2 fully saturated rings. The van der Waals surface area contributed by atoms with E-state index in [-0.39, 0.29) is 0 Å². The molecule has 2 aliphatic rings. The number of ether oxygens (including phenoxy) is 1. The molecule has 1 atom stereocenters. The summed E-state index contributed by atoms with van der Waals surface area (Å²) in [4.78, 5) is 0. The zero-order chi connectivity index (χ0) is 12.9. The molecule has 0 spiro atoms. The van der Waals surface area contributed by atoms with Crippen LogP contribution in [-0.4, -0.2) is 39.4 Å². The average molecular weight is 254 g/mol. The predicted molar refractivity (Wildman–Crippen MR) is 75.9 cm³/mol. The van der Waals surface area contributed by atoms with Gasteiger partial charge in [-0.2, -0.15) is 0 Å². The van der Waals surface area contributed by atoms with Crippen molar-refractivity contribution in [1.82, 2.24) is 10.6 Å². The van der Waals surface area contributed by atoms with Crippen LogP contribution in [0.25, 0.3) is 0 Å². The van der Waals surface area contributed by atoms with Crippen molar-refractivity contribution in [3.63, 3.8) is 0 Å². The Hall–Kier alpha value is -0.120. The third-order valence-corrected chi connectivity index (χ3v) is 5.06. The minimum absolute atomic E-state index is 0.454. The largest absolute Gasteiger partial charge is 0.381 e. The summed E-state index contributed by atoms with van der Waals surface area (Å²) < 4.78 is 5.46. The fraction of sp³-hybridized carbons (Fsp3) is 1.00. The second-order valence-electron chi connectivity index (χ2n) is 6.66. The summed E-state index contributed by atoms with van der Waals surface area (Å²) in [7, 11) is 0. The van der Waals surface area contributed by atoms with Crippen molar-refractivity contribution < 1.29 is 4.74 Å². The lowest BCUT2D eigenvalue weighted by atomic mass is 9.77. The topological polar surface area (TPSA) is 33.3 Å². The highest BCUT2D eigenvalue weighted by Gasteiger charge is 2.32. The molecule has 2 heterocycles. The van der Waals surface area contributed by atoms with Gasteiger partial charge in [0, 0.05) is 32.8 Å². The first-order chi connectivity index (χ1) is 8.68. The Morgan fingerprint density at radius 3 is 2.56 bits per heavy atom. The van der Waals surface area contributed by atoms with E-state index in [0.29, 0.717) is 10.8 Å². The molecule has 0 bridgehead atoms. The van der Waals surface area contributed by atoms with Crippen LogP contribution in [-0.2, 0) is 4.74 Å². The van der Waals surface area contributed by atoms with Crippen LogP contribution in [0.15, 0.2) is 0 Å². The van der Waals surface area contributed by atoms with E-state index in [2.05, 4.69) is 24.5 Å². The van der Waals surface area contributed by atoms with E-state index in [0.717, 1.165) is 19.8 Å². The Bertz CT molecular complexity index is 243. The van der Waals surface area contributed by atoms with Gasteiger partial charge in [-0.25, -0.2) is 0 Å². The molecule has 0 aromatic rings. The quantitative estimate of drug-likeness (QED) is 0.789. The van der Waals surface area contributed by atoms with Gasteiger partial charge in [0.25, 0.3) is 0 Å². The Kier molecular flexibility index (Phi) is 5.05. The van der Waals surface area contributed by atoms with Crippen molar-refractivity contribution in [2.75, 3.05) is 39.4 Å². The van der Waals surface area contributed by atoms with Crippen molar-refractivity contribution >= 4 is 0 Å². The molecule has 0 saturated carbocycles. The Balaban J connectivity index is 1.75. The van der Waals surface area contributed by atoms with Crippen molar-refractivity contribution in [3.8, 4) is 0 Å². The van der Waals surface area contributed by atoms with Gasteiger partial charge in [-0.05, 0) is 49.5 Å². The van der Waals surface area contributed by atoms with E-state index in [4.69, 9.17) is 4.74 Å². The zero-order valence-corrected chi connectivity index (χ0v) is 12.2. The van der Waals surface area contributed by atoms with Crippen LogP contribution in [0.3, 0.4) is 0 Å². The summed E-state index contributed by atoms with van der Waals surface area (Å²) in [6.45, 7) is 11.3. The van der Waals surface area contributed by atoms with Crippen molar-refractivity contribution in [3.05, 3.63) is 0 Å². The third-order valence-electron chi connectivity index (χ3n) is 5.06. The molecule has 0 aromatic heterocycles. The maximum absolute atomic E-state index is 5.46. The van der Waals surface area contributed by atoms with Gasteiger partial charge >= 0.3 is 0 Å². The first-order valence-corrected chi connectivity index (χ1v) is 7.67. The lowest BCUT2D eigenvalue weighted by Crippen LogP contribution is -2.48. The highest BCUT2D eigenvalue weighted by molar-refractivity contribution is 4.88. The van der Waals surface area contributed by atoms with E-state index in [9.17, 15) is 0 Å². The number of piperidine rings is 1. The molecule has 3 heteroatoms. The number of nitrogens with one attached hydrogen (secondary N) is 2. The van der Waals surface area contributed by atoms with Crippen LogP contribution >= 0.6 is 0 Å². The van der Waals surface area contributed by atoms with E-state index in [1.165, 1.54) is 51.7 Å². The van der Waals surface area contributed by atoms with Gasteiger partial charge in [0.2, 0.25) is 0 Å². The molecule has 0 aliphatic carbocycles. The van der Waals surface area contributed by atoms with Crippen LogP contribution in [0.2, 0.25) is 0 Å². The van der Waals surface area contributed by atoms with Crippen molar-refractivity contribution in [2.45, 2.75) is 46.0 Å². The second-order valence-corrected chi connectivity index (χ2v) is 6.66. The first kappa shape index (κ1) is 14.3. The highest BCUT2D eigenvalue weighted by atomic mass is 16.5. The summed E-state index contributed by atoms with van der Waals surface area (Å²) >= 11 is 0. The minimum atomic E-state index is 0.454. The smallest absolute Gasteiger partial charge is 0.0471 e. The molecule has 0 aromatic carbocycles. The molecule has 106 valence electrons. The van der Waals surface area contributed by atoms with Gasteiger partial charge in [0.05, 0.1) is 0 Å². The summed E-state index contributed by atoms with van der Waals surface area (Å²) in [6, 6.07) is 0. The summed E-state index contributed by atoms with van der Waals surface area (Å²) in [5.41, 5.74) is 0.953. The molecular formula is C15H30N2O. The molecule has 18 heavy (non-hydrogen) atoms. The van der Waals surface area contributed by atoms with Crippen LogP contribution in [0.5, 0.6) is 0 Å². The molecule has 3 nitrogen and oxygen atoms in total. The lowest BCUT2D eigenvalue weighted by molar-refractivity contribution is 0.0223. The van der Waals surface area contributed by atoms with Crippen LogP contribution in [0, 0.1) is 10.8 Å². The maximum Gasteiger partial charge on any atom is 0.0471 e. The molecule has 2 saturated heterocycles. The average Bonchev–Trinajstić information content (AvgIpc) is 2.40. The number of hydrogen-bond donors (Lipinski definition) is 2. The fourth-order valence-electron chi connectivity index (χ4n) is 3.28. The molecule has 2 aliphatic heterocycles. The molecule has 0 amide bonds. The van der Waals surface area contributed by atoms with Gasteiger partial charge in [0.15, 0.2) is 0 Å². The van der Waals surface area contributed by atoms with E-state index in [1.54, 1.807) is 0 Å². The van der Waals surface area contributed by atoms with Crippen LogP contribution in [0.1, 0.15) is 46.0 Å². The first-order valence-electron chi connectivity index (χ1n) is 7.67. The summed E-state index contributed by atoms with van der Waals surface area (Å²) in [5.74, 6) is 0. The van der Waals surface area contributed by atoms with Crippen LogP contribution in [0.4, 0.5) is 0 Å². The van der Waals surface area contributed by atoms with E-state index in [1.807, 2.05) is 0 Å². The lowest BCUT2D eigenvalue weighted by Gasteiger charge is -2.39. The molecular weight excluding hydrogens is 224 g/mol. The predicted octanol–water partition coefficient (Wildman–Crippen LogP) is 2.17. The monoisotopic (exact) mass is 254 g/mol. The number of rotatable bonds is 5. The molecule has 0 radical (unpaired) electrons. The SMILES string of the molecule is CCC1(CNCC2(C)CCOCC2)CCCNC1. The standard InChI is InChI=1S/C15H30N2O/c1-3-15(5-4-8-16-12-15)13-17-11-14(2)6-9-18-10-7-14/h16-17H,3-13H2,1-2H3. The second kappa shape index (κ2) is 6.36. The van der Waals surface area contributed by atoms with E-state index >= 15 is 0 Å². The van der Waals surface area contributed by atoms with Crippen LogP contribution < -0.4 is 10.6 Å². The van der Waals surface area contributed by atoms with Crippen molar-refractivity contribution in [1.29, 1.82) is 0 Å². The molecule has 2 rings (SSSR count). The molecule has 2 N–H and O–H groups in total. The van der Waals surface area contributed by atoms with E-state index < -0.39 is 0 Å². The Morgan fingerprint density at radius 2 is 1.94 bits per heavy atom. The zero-order valence-electron chi connectivity index (χ0n) is 12.2. The maximum atomic E-state index is 5.46. The van der Waals surface area contributed by atoms with Gasteiger partial charge in [-0.3, -0.25) is 0 Å². The highest BCUT2D eigenvalue weighted by Crippen LogP contribution is 2.31. The third kappa shape index (κ3) is 3.69. The number of hydrogen-bond acceptors (Lipinski definition) is 3. The minimum Gasteiger partial charge on any atom is -0.381 e. The van der Waals surface area contributed by atoms with Crippen molar-refractivity contribution in [2.24, 2.45) is 10.8 Å². The van der Waals surface area contributed by atoms with Gasteiger partial charge < -0.3 is 15.4 Å². The summed E-state index contributed by atoms with van der Waals surface area (Å²) in [6.07, 6.45) is 6.41.